The van der Waals surface area contributed by atoms with Gasteiger partial charge in [0.25, 0.3) is 0 Å². The Balaban J connectivity index is 1.29. The van der Waals surface area contributed by atoms with Crippen LogP contribution in [-0.4, -0.2) is 4.57 Å². The molecule has 7 aromatic carbocycles. The molecule has 0 N–H and O–H groups in total. The first-order valence-corrected chi connectivity index (χ1v) is 15.8. The van der Waals surface area contributed by atoms with Crippen LogP contribution in [-0.2, 0) is 5.41 Å². The Morgan fingerprint density at radius 1 is 0.478 bits per heavy atom. The van der Waals surface area contributed by atoms with Gasteiger partial charge in [0, 0.05) is 38.2 Å². The Kier molecular flexibility index (Phi) is 4.52. The summed E-state index contributed by atoms with van der Waals surface area (Å²) in [6, 6.07) is 54.5. The molecule has 0 bridgehead atoms. The van der Waals surface area contributed by atoms with E-state index in [0.717, 1.165) is 55.7 Å². The third-order valence-electron chi connectivity index (χ3n) is 10.3. The molecule has 1 spiro atoms. The predicted molar refractivity (Wildman–Crippen MR) is 185 cm³/mol. The Morgan fingerprint density at radius 2 is 1.17 bits per heavy atom. The molecule has 4 heterocycles. The van der Waals surface area contributed by atoms with E-state index in [0.29, 0.717) is 0 Å². The third kappa shape index (κ3) is 2.84. The van der Waals surface area contributed by atoms with E-state index < -0.39 is 5.41 Å². The summed E-state index contributed by atoms with van der Waals surface area (Å²) in [5.74, 6) is 1.78. The van der Waals surface area contributed by atoms with E-state index in [1.54, 1.807) is 0 Å². The van der Waals surface area contributed by atoms with Crippen LogP contribution >= 0.6 is 0 Å². The van der Waals surface area contributed by atoms with Crippen LogP contribution in [0.2, 0.25) is 0 Å². The van der Waals surface area contributed by atoms with E-state index in [2.05, 4.69) is 144 Å². The van der Waals surface area contributed by atoms with Crippen molar-refractivity contribution in [2.75, 3.05) is 0 Å². The number of aromatic nitrogens is 1. The van der Waals surface area contributed by atoms with Crippen LogP contribution in [0.1, 0.15) is 22.3 Å². The van der Waals surface area contributed by atoms with E-state index in [9.17, 15) is 0 Å². The molecular weight excluding hydrogens is 562 g/mol. The summed E-state index contributed by atoms with van der Waals surface area (Å²) in [7, 11) is 0. The minimum atomic E-state index is -0.590. The molecule has 2 aliphatic rings. The Hall–Kier alpha value is -6.06. The summed E-state index contributed by atoms with van der Waals surface area (Å²) >= 11 is 0. The summed E-state index contributed by atoms with van der Waals surface area (Å²) < 4.78 is 15.7. The summed E-state index contributed by atoms with van der Waals surface area (Å²) in [5, 5.41) is 4.75. The second-order valence-corrected chi connectivity index (χ2v) is 12.4. The SMILES string of the molecule is c1ccc2c(c1)Oc1c(-c3ccc4oc5ccccc5c4c3)cccc1C21c2ccccc2-n2c3ccccc3c3cccc1c32. The lowest BCUT2D eigenvalue weighted by atomic mass is 9.61. The van der Waals surface area contributed by atoms with Gasteiger partial charge in [0.05, 0.1) is 22.1 Å². The van der Waals surface area contributed by atoms with Crippen molar-refractivity contribution in [2.24, 2.45) is 0 Å². The van der Waals surface area contributed by atoms with Gasteiger partial charge in [-0.25, -0.2) is 0 Å². The molecule has 46 heavy (non-hydrogen) atoms. The van der Waals surface area contributed by atoms with Crippen molar-refractivity contribution < 1.29 is 9.15 Å². The third-order valence-corrected chi connectivity index (χ3v) is 10.3. The molecule has 3 heteroatoms. The number of furan rings is 1. The topological polar surface area (TPSA) is 27.3 Å². The maximum absolute atomic E-state index is 7.00. The van der Waals surface area contributed by atoms with Crippen molar-refractivity contribution >= 4 is 43.7 Å². The first-order chi connectivity index (χ1) is 22.8. The van der Waals surface area contributed by atoms with Crippen molar-refractivity contribution in [1.82, 2.24) is 4.57 Å². The zero-order valence-corrected chi connectivity index (χ0v) is 24.7. The molecule has 0 radical (unpaired) electrons. The second-order valence-electron chi connectivity index (χ2n) is 12.4. The van der Waals surface area contributed by atoms with Crippen molar-refractivity contribution in [2.45, 2.75) is 5.41 Å². The standard InChI is InChI=1S/C43H25NO2/c1-5-19-36-28(11-1)30-14-10-17-34-41(30)44(36)37-20-6-3-15-32(37)43(34)33-16-4-8-22-40(33)46-42-27(13-9-18-35(42)43)26-23-24-39-31(25-26)29-12-2-7-21-38(29)45-39/h1-25H. The molecule has 2 aromatic heterocycles. The van der Waals surface area contributed by atoms with Crippen LogP contribution in [0, 0.1) is 0 Å². The lowest BCUT2D eigenvalue weighted by molar-refractivity contribution is 0.435. The molecule has 0 saturated heterocycles. The molecule has 3 nitrogen and oxygen atoms in total. The fourth-order valence-corrected chi connectivity index (χ4v) is 8.47. The van der Waals surface area contributed by atoms with Crippen molar-refractivity contribution in [1.29, 1.82) is 0 Å². The average molecular weight is 588 g/mol. The molecule has 214 valence electrons. The highest BCUT2D eigenvalue weighted by atomic mass is 16.5. The lowest BCUT2D eigenvalue weighted by Crippen LogP contribution is -2.37. The van der Waals surface area contributed by atoms with Crippen LogP contribution in [0.4, 0.5) is 0 Å². The van der Waals surface area contributed by atoms with Gasteiger partial charge in [0.2, 0.25) is 0 Å². The maximum Gasteiger partial charge on any atom is 0.140 e. The molecule has 0 fully saturated rings. The van der Waals surface area contributed by atoms with Crippen LogP contribution in [0.15, 0.2) is 156 Å². The number of nitrogens with zero attached hydrogens (tertiary/aromatic N) is 1. The Bertz CT molecular complexity index is 2750. The number of para-hydroxylation sites is 6. The summed E-state index contributed by atoms with van der Waals surface area (Å²) in [4.78, 5) is 0. The highest BCUT2D eigenvalue weighted by Gasteiger charge is 2.50. The normalized spacial score (nSPS) is 16.1. The molecule has 0 aliphatic carbocycles. The summed E-state index contributed by atoms with van der Waals surface area (Å²) in [6.45, 7) is 0. The van der Waals surface area contributed by atoms with Crippen LogP contribution in [0.25, 0.3) is 60.6 Å². The monoisotopic (exact) mass is 587 g/mol. The lowest BCUT2D eigenvalue weighted by Gasteiger charge is -2.45. The second kappa shape index (κ2) is 8.56. The molecule has 1 unspecified atom stereocenters. The van der Waals surface area contributed by atoms with Crippen LogP contribution in [0.5, 0.6) is 11.5 Å². The molecular formula is C43H25NO2. The zero-order chi connectivity index (χ0) is 30.0. The summed E-state index contributed by atoms with van der Waals surface area (Å²) in [5.41, 5.74) is 11.9. The van der Waals surface area contributed by atoms with E-state index in [1.165, 1.54) is 38.6 Å². The van der Waals surface area contributed by atoms with Gasteiger partial charge < -0.3 is 13.7 Å². The first kappa shape index (κ1) is 24.3. The largest absolute Gasteiger partial charge is 0.456 e. The van der Waals surface area contributed by atoms with E-state index in [-0.39, 0.29) is 0 Å². The molecule has 1 atom stereocenters. The number of fused-ring (bicyclic) bond motifs is 14. The van der Waals surface area contributed by atoms with Gasteiger partial charge in [-0.2, -0.15) is 0 Å². The van der Waals surface area contributed by atoms with Crippen molar-refractivity contribution in [3.8, 4) is 28.3 Å². The maximum atomic E-state index is 7.00. The number of hydrogen-bond acceptors (Lipinski definition) is 2. The minimum Gasteiger partial charge on any atom is -0.456 e. The van der Waals surface area contributed by atoms with Crippen LogP contribution in [0.3, 0.4) is 0 Å². The summed E-state index contributed by atoms with van der Waals surface area (Å²) in [6.07, 6.45) is 0. The molecule has 2 aliphatic heterocycles. The van der Waals surface area contributed by atoms with Gasteiger partial charge in [-0.15, -0.1) is 0 Å². The number of hydrogen-bond donors (Lipinski definition) is 0. The van der Waals surface area contributed by atoms with E-state index in [4.69, 9.17) is 9.15 Å². The van der Waals surface area contributed by atoms with Gasteiger partial charge in [-0.05, 0) is 53.1 Å². The van der Waals surface area contributed by atoms with Crippen molar-refractivity contribution in [3.05, 3.63) is 174 Å². The van der Waals surface area contributed by atoms with Gasteiger partial charge in [0.15, 0.2) is 0 Å². The van der Waals surface area contributed by atoms with Gasteiger partial charge >= 0.3 is 0 Å². The fourth-order valence-electron chi connectivity index (χ4n) is 8.47. The van der Waals surface area contributed by atoms with Crippen LogP contribution < -0.4 is 4.74 Å². The zero-order valence-electron chi connectivity index (χ0n) is 24.7. The van der Waals surface area contributed by atoms with E-state index >= 15 is 0 Å². The highest BCUT2D eigenvalue weighted by Crippen LogP contribution is 2.61. The first-order valence-electron chi connectivity index (χ1n) is 15.8. The van der Waals surface area contributed by atoms with Gasteiger partial charge in [0.1, 0.15) is 22.7 Å². The molecule has 11 rings (SSSR count). The fraction of sp³-hybridized carbons (Fsp3) is 0.0233. The quantitative estimate of drug-likeness (QED) is 0.191. The average Bonchev–Trinajstić information content (AvgIpc) is 3.66. The van der Waals surface area contributed by atoms with E-state index in [1.807, 2.05) is 12.1 Å². The molecule has 9 aromatic rings. The molecule has 0 saturated carbocycles. The Morgan fingerprint density at radius 3 is 2.13 bits per heavy atom. The predicted octanol–water partition coefficient (Wildman–Crippen LogP) is 11.2. The highest BCUT2D eigenvalue weighted by molar-refractivity contribution is 6.12. The number of ether oxygens (including phenoxy) is 1. The van der Waals surface area contributed by atoms with Crippen molar-refractivity contribution in [3.63, 3.8) is 0 Å². The van der Waals surface area contributed by atoms with Gasteiger partial charge in [-0.3, -0.25) is 0 Å². The molecule has 0 amide bonds. The number of benzene rings is 7. The van der Waals surface area contributed by atoms with Gasteiger partial charge in [-0.1, -0.05) is 115 Å². The number of rotatable bonds is 1. The smallest absolute Gasteiger partial charge is 0.140 e. The minimum absolute atomic E-state index is 0.590. The Labute approximate surface area is 264 Å².